The van der Waals surface area contributed by atoms with Crippen LogP contribution in [-0.2, 0) is 0 Å². The Labute approximate surface area is 213 Å². The summed E-state index contributed by atoms with van der Waals surface area (Å²) >= 11 is 2.07. The van der Waals surface area contributed by atoms with E-state index in [1.54, 1.807) is 13.0 Å². The Bertz CT molecular complexity index is 1410. The molecule has 2 heterocycles. The number of carbonyl (C=O) groups excluding carboxylic acids is 1. The number of nitrogens with one attached hydrogen (secondary N) is 3. The van der Waals surface area contributed by atoms with Crippen molar-refractivity contribution in [2.45, 2.75) is 26.2 Å². The second-order valence-corrected chi connectivity index (χ2v) is 9.97. The van der Waals surface area contributed by atoms with Gasteiger partial charge in [0.15, 0.2) is 5.01 Å². The lowest BCUT2D eigenvalue weighted by Gasteiger charge is -2.15. The average Bonchev–Trinajstić information content (AvgIpc) is 3.58. The highest BCUT2D eigenvalue weighted by Gasteiger charge is 2.22. The van der Waals surface area contributed by atoms with E-state index in [2.05, 4.69) is 32.3 Å². The summed E-state index contributed by atoms with van der Waals surface area (Å²) in [6.45, 7) is 1.55. The summed E-state index contributed by atoms with van der Waals surface area (Å²) in [5, 5.41) is 27.6. The van der Waals surface area contributed by atoms with Crippen LogP contribution in [0.4, 0.5) is 13.9 Å². The van der Waals surface area contributed by atoms with Crippen LogP contribution in [0.1, 0.15) is 52.8 Å². The van der Waals surface area contributed by atoms with Gasteiger partial charge < -0.3 is 4.74 Å². The van der Waals surface area contributed by atoms with Crippen LogP contribution in [-0.4, -0.2) is 38.3 Å². The molecule has 0 saturated heterocycles. The molecule has 184 valence electrons. The third-order valence-corrected chi connectivity index (χ3v) is 6.51. The lowest BCUT2D eigenvalue weighted by molar-refractivity contribution is 0.102. The number of pyridine rings is 1. The van der Waals surface area contributed by atoms with Crippen molar-refractivity contribution in [1.82, 2.24) is 15.2 Å². The van der Waals surface area contributed by atoms with Gasteiger partial charge in [-0.15, -0.1) is 10.2 Å². The SMILES string of the molecule is COc1cnc(C(F)F)cc1-c1cc(C(=N)SC(C)=N)ccc1C(=O)Nc1nnc(C#CC2CC2)s1. The maximum atomic E-state index is 13.4. The zero-order chi connectivity index (χ0) is 25.8. The second kappa shape index (κ2) is 10.9. The summed E-state index contributed by atoms with van der Waals surface area (Å²) < 4.78 is 32.2. The zero-order valence-corrected chi connectivity index (χ0v) is 20.8. The van der Waals surface area contributed by atoms with Gasteiger partial charge in [-0.2, -0.15) is 0 Å². The number of hydrogen-bond donors (Lipinski definition) is 3. The molecule has 1 aromatic carbocycles. The number of benzene rings is 1. The first kappa shape index (κ1) is 25.4. The molecule has 0 atom stereocenters. The lowest BCUT2D eigenvalue weighted by Crippen LogP contribution is -2.14. The first-order valence-electron chi connectivity index (χ1n) is 10.7. The number of nitrogens with zero attached hydrogens (tertiary/aromatic N) is 3. The van der Waals surface area contributed by atoms with Crippen LogP contribution in [0.25, 0.3) is 11.1 Å². The Morgan fingerprint density at radius 1 is 1.25 bits per heavy atom. The summed E-state index contributed by atoms with van der Waals surface area (Å²) in [6.07, 6.45) is 0.494. The Kier molecular flexibility index (Phi) is 7.71. The van der Waals surface area contributed by atoms with Gasteiger partial charge in [-0.05, 0) is 49.4 Å². The number of alkyl halides is 2. The van der Waals surface area contributed by atoms with Crippen molar-refractivity contribution < 1.29 is 18.3 Å². The summed E-state index contributed by atoms with van der Waals surface area (Å²) in [5.41, 5.74) is 0.549. The number of amides is 1. The maximum absolute atomic E-state index is 13.4. The zero-order valence-electron chi connectivity index (χ0n) is 19.2. The quantitative estimate of drug-likeness (QED) is 0.218. The van der Waals surface area contributed by atoms with Crippen molar-refractivity contribution in [3.8, 4) is 28.7 Å². The van der Waals surface area contributed by atoms with Gasteiger partial charge in [-0.1, -0.05) is 35.1 Å². The smallest absolute Gasteiger partial charge is 0.280 e. The fraction of sp³-hybridized carbons (Fsp3) is 0.250. The van der Waals surface area contributed by atoms with Crippen molar-refractivity contribution >= 4 is 44.2 Å². The fourth-order valence-corrected chi connectivity index (χ4v) is 4.30. The molecule has 36 heavy (non-hydrogen) atoms. The molecule has 0 spiro atoms. The minimum Gasteiger partial charge on any atom is -0.494 e. The first-order valence-corrected chi connectivity index (χ1v) is 12.3. The van der Waals surface area contributed by atoms with Gasteiger partial charge >= 0.3 is 0 Å². The summed E-state index contributed by atoms with van der Waals surface area (Å²) in [6, 6.07) is 5.75. The number of methoxy groups -OCH3 is 1. The highest BCUT2D eigenvalue weighted by Crippen LogP contribution is 2.36. The van der Waals surface area contributed by atoms with Crippen LogP contribution in [0.5, 0.6) is 5.75 Å². The number of anilines is 1. The van der Waals surface area contributed by atoms with E-state index in [4.69, 9.17) is 15.6 Å². The van der Waals surface area contributed by atoms with Gasteiger partial charge in [-0.3, -0.25) is 25.9 Å². The molecule has 1 amide bonds. The standard InChI is InChI=1S/C24H20F2N6O2S2/c1-12(27)35-22(28)14-6-7-15(16(9-14)17-10-18(21(25)26)29-11-19(17)34-2)23(33)30-24-32-31-20(36-24)8-5-13-3-4-13/h6-7,9-11,13,21,27-28H,3-4H2,1-2H3,(H,30,32,33). The third kappa shape index (κ3) is 6.10. The topological polar surface area (TPSA) is 125 Å². The number of hydrogen-bond acceptors (Lipinski definition) is 9. The molecule has 0 bridgehead atoms. The lowest BCUT2D eigenvalue weighted by atomic mass is 9.96. The molecule has 3 N–H and O–H groups in total. The monoisotopic (exact) mass is 526 g/mol. The second-order valence-electron chi connectivity index (χ2n) is 7.77. The van der Waals surface area contributed by atoms with E-state index in [1.807, 2.05) is 0 Å². The molecular weight excluding hydrogens is 506 g/mol. The summed E-state index contributed by atoms with van der Waals surface area (Å²) in [7, 11) is 1.37. The van der Waals surface area contributed by atoms with Gasteiger partial charge in [0.1, 0.15) is 16.5 Å². The molecule has 3 aromatic rings. The van der Waals surface area contributed by atoms with Gasteiger partial charge in [0.25, 0.3) is 12.3 Å². The normalized spacial score (nSPS) is 12.6. The molecule has 2 aromatic heterocycles. The van der Waals surface area contributed by atoms with E-state index in [1.165, 1.54) is 25.4 Å². The van der Waals surface area contributed by atoms with Crippen LogP contribution >= 0.6 is 23.1 Å². The highest BCUT2D eigenvalue weighted by atomic mass is 32.2. The van der Waals surface area contributed by atoms with E-state index < -0.39 is 18.0 Å². The molecule has 1 saturated carbocycles. The Hall–Kier alpha value is -3.69. The number of carbonyl (C=O) groups is 1. The van der Waals surface area contributed by atoms with E-state index in [9.17, 15) is 13.6 Å². The highest BCUT2D eigenvalue weighted by molar-refractivity contribution is 8.26. The van der Waals surface area contributed by atoms with Crippen molar-refractivity contribution in [2.75, 3.05) is 12.4 Å². The third-order valence-electron chi connectivity index (χ3n) is 5.01. The van der Waals surface area contributed by atoms with Gasteiger partial charge in [0.05, 0.1) is 18.4 Å². The van der Waals surface area contributed by atoms with Crippen molar-refractivity contribution in [3.05, 3.63) is 52.3 Å². The molecular formula is C24H20F2N6O2S2. The van der Waals surface area contributed by atoms with E-state index in [0.29, 0.717) is 16.5 Å². The fourth-order valence-electron chi connectivity index (χ4n) is 3.15. The van der Waals surface area contributed by atoms with E-state index >= 15 is 0 Å². The molecule has 1 aliphatic rings. The van der Waals surface area contributed by atoms with Crippen molar-refractivity contribution in [3.63, 3.8) is 0 Å². The first-order chi connectivity index (χ1) is 17.2. The number of thioether (sulfide) groups is 1. The minimum atomic E-state index is -2.83. The van der Waals surface area contributed by atoms with E-state index in [0.717, 1.165) is 42.0 Å². The number of ether oxygens (including phenoxy) is 1. The van der Waals surface area contributed by atoms with Crippen LogP contribution in [0.2, 0.25) is 0 Å². The Morgan fingerprint density at radius 2 is 2.03 bits per heavy atom. The van der Waals surface area contributed by atoms with Crippen LogP contribution in [0.3, 0.4) is 0 Å². The van der Waals surface area contributed by atoms with Crippen LogP contribution in [0.15, 0.2) is 30.5 Å². The Morgan fingerprint density at radius 3 is 2.69 bits per heavy atom. The maximum Gasteiger partial charge on any atom is 0.280 e. The molecule has 8 nitrogen and oxygen atoms in total. The van der Waals surface area contributed by atoms with Gasteiger partial charge in [0, 0.05) is 22.6 Å². The molecule has 4 rings (SSSR count). The van der Waals surface area contributed by atoms with Crippen LogP contribution < -0.4 is 10.1 Å². The summed E-state index contributed by atoms with van der Waals surface area (Å²) in [4.78, 5) is 17.0. The van der Waals surface area contributed by atoms with Crippen LogP contribution in [0, 0.1) is 28.6 Å². The molecule has 12 heteroatoms. The molecule has 1 aliphatic carbocycles. The largest absolute Gasteiger partial charge is 0.494 e. The van der Waals surface area contributed by atoms with Crippen molar-refractivity contribution in [2.24, 2.45) is 5.92 Å². The molecule has 1 fully saturated rings. The predicted octanol–water partition coefficient (Wildman–Crippen LogP) is 5.62. The molecule has 0 aliphatic heterocycles. The average molecular weight is 527 g/mol. The number of halogens is 2. The number of aromatic nitrogens is 3. The summed E-state index contributed by atoms with van der Waals surface area (Å²) in [5.74, 6) is 6.07. The van der Waals surface area contributed by atoms with Crippen molar-refractivity contribution in [1.29, 1.82) is 10.8 Å². The Balaban J connectivity index is 1.74. The molecule has 0 unspecified atom stereocenters. The van der Waals surface area contributed by atoms with Gasteiger partial charge in [0.2, 0.25) is 5.13 Å². The van der Waals surface area contributed by atoms with Gasteiger partial charge in [-0.25, -0.2) is 8.78 Å². The number of rotatable bonds is 6. The predicted molar refractivity (Wildman–Crippen MR) is 136 cm³/mol. The minimum absolute atomic E-state index is 0.0702. The van der Waals surface area contributed by atoms with E-state index in [-0.39, 0.29) is 37.7 Å². The molecule has 0 radical (unpaired) electrons.